The van der Waals surface area contributed by atoms with E-state index in [0.717, 1.165) is 38.8 Å². The van der Waals surface area contributed by atoms with E-state index in [4.69, 9.17) is 9.84 Å². The standard InChI is InChI=1S/C15H26N2O4/c1-2-13-12(5-7-21-13)15(20)17-6-3-4-11(10-17)8-16-9-14(18)19/h11-13,16H,2-10H2,1H3,(H,18,19). The van der Waals surface area contributed by atoms with Crippen LogP contribution in [0.5, 0.6) is 0 Å². The molecular weight excluding hydrogens is 272 g/mol. The molecule has 0 spiro atoms. The Labute approximate surface area is 125 Å². The fraction of sp³-hybridized carbons (Fsp3) is 0.867. The second-order valence-electron chi connectivity index (χ2n) is 6.03. The number of carbonyl (C=O) groups excluding carboxylic acids is 1. The minimum atomic E-state index is -0.840. The molecule has 21 heavy (non-hydrogen) atoms. The van der Waals surface area contributed by atoms with Crippen molar-refractivity contribution < 1.29 is 19.4 Å². The van der Waals surface area contributed by atoms with E-state index >= 15 is 0 Å². The average molecular weight is 298 g/mol. The van der Waals surface area contributed by atoms with Gasteiger partial charge in [-0.1, -0.05) is 6.92 Å². The van der Waals surface area contributed by atoms with E-state index in [9.17, 15) is 9.59 Å². The lowest BCUT2D eigenvalue weighted by Crippen LogP contribution is -2.46. The van der Waals surface area contributed by atoms with Crippen molar-refractivity contribution >= 4 is 11.9 Å². The van der Waals surface area contributed by atoms with Crippen molar-refractivity contribution in [3.63, 3.8) is 0 Å². The third kappa shape index (κ3) is 4.41. The van der Waals surface area contributed by atoms with E-state index in [1.807, 2.05) is 4.90 Å². The van der Waals surface area contributed by atoms with Crippen LogP contribution in [-0.2, 0) is 14.3 Å². The van der Waals surface area contributed by atoms with Crippen LogP contribution in [0.3, 0.4) is 0 Å². The smallest absolute Gasteiger partial charge is 0.317 e. The van der Waals surface area contributed by atoms with E-state index < -0.39 is 5.97 Å². The van der Waals surface area contributed by atoms with Crippen molar-refractivity contribution in [3.8, 4) is 0 Å². The number of ether oxygens (including phenoxy) is 1. The highest BCUT2D eigenvalue weighted by Gasteiger charge is 2.36. The van der Waals surface area contributed by atoms with Gasteiger partial charge in [-0.3, -0.25) is 9.59 Å². The maximum atomic E-state index is 12.6. The largest absolute Gasteiger partial charge is 0.480 e. The van der Waals surface area contributed by atoms with E-state index in [0.29, 0.717) is 19.1 Å². The van der Waals surface area contributed by atoms with Crippen LogP contribution in [0.15, 0.2) is 0 Å². The Bertz CT molecular complexity index is 375. The summed E-state index contributed by atoms with van der Waals surface area (Å²) >= 11 is 0. The highest BCUT2D eigenvalue weighted by atomic mass is 16.5. The Balaban J connectivity index is 1.82. The van der Waals surface area contributed by atoms with Gasteiger partial charge in [-0.25, -0.2) is 0 Å². The summed E-state index contributed by atoms with van der Waals surface area (Å²) in [5, 5.41) is 11.6. The molecule has 2 rings (SSSR count). The lowest BCUT2D eigenvalue weighted by Gasteiger charge is -2.35. The molecule has 2 saturated heterocycles. The molecule has 0 saturated carbocycles. The minimum Gasteiger partial charge on any atom is -0.480 e. The van der Waals surface area contributed by atoms with Crippen LogP contribution >= 0.6 is 0 Å². The van der Waals surface area contributed by atoms with Crippen molar-refractivity contribution in [2.75, 3.05) is 32.8 Å². The number of rotatable bonds is 6. The lowest BCUT2D eigenvalue weighted by molar-refractivity contribution is -0.139. The van der Waals surface area contributed by atoms with Crippen LogP contribution in [0.4, 0.5) is 0 Å². The van der Waals surface area contributed by atoms with Crippen molar-refractivity contribution in [3.05, 3.63) is 0 Å². The number of likely N-dealkylation sites (tertiary alicyclic amines) is 1. The van der Waals surface area contributed by atoms with Gasteiger partial charge in [-0.2, -0.15) is 0 Å². The first-order chi connectivity index (χ1) is 10.1. The summed E-state index contributed by atoms with van der Waals surface area (Å²) in [4.78, 5) is 25.1. The summed E-state index contributed by atoms with van der Waals surface area (Å²) in [6, 6.07) is 0. The molecule has 3 atom stereocenters. The van der Waals surface area contributed by atoms with Crippen LogP contribution in [0.25, 0.3) is 0 Å². The van der Waals surface area contributed by atoms with Crippen LogP contribution < -0.4 is 5.32 Å². The van der Waals surface area contributed by atoms with Gasteiger partial charge in [-0.05, 0) is 31.6 Å². The van der Waals surface area contributed by atoms with Gasteiger partial charge < -0.3 is 20.1 Å². The summed E-state index contributed by atoms with van der Waals surface area (Å²) < 4.78 is 5.62. The fourth-order valence-corrected chi connectivity index (χ4v) is 3.38. The monoisotopic (exact) mass is 298 g/mol. The third-order valence-electron chi connectivity index (χ3n) is 4.47. The zero-order valence-electron chi connectivity index (χ0n) is 12.7. The molecule has 2 aliphatic rings. The van der Waals surface area contributed by atoms with E-state index in [-0.39, 0.29) is 24.5 Å². The maximum absolute atomic E-state index is 12.6. The number of aliphatic carboxylic acids is 1. The number of amides is 1. The van der Waals surface area contributed by atoms with Crippen molar-refractivity contribution in [1.29, 1.82) is 0 Å². The zero-order valence-corrected chi connectivity index (χ0v) is 12.7. The van der Waals surface area contributed by atoms with Crippen LogP contribution in [0, 0.1) is 11.8 Å². The Morgan fingerprint density at radius 1 is 1.38 bits per heavy atom. The molecule has 6 heteroatoms. The summed E-state index contributed by atoms with van der Waals surface area (Å²) in [6.07, 6.45) is 3.83. The Morgan fingerprint density at radius 3 is 2.90 bits per heavy atom. The van der Waals surface area contributed by atoms with Gasteiger partial charge in [-0.15, -0.1) is 0 Å². The van der Waals surface area contributed by atoms with Crippen LogP contribution in [-0.4, -0.2) is 60.8 Å². The van der Waals surface area contributed by atoms with Crippen LogP contribution in [0.1, 0.15) is 32.6 Å². The molecule has 2 heterocycles. The summed E-state index contributed by atoms with van der Waals surface area (Å²) in [6.45, 7) is 4.95. The predicted molar refractivity (Wildman–Crippen MR) is 77.9 cm³/mol. The number of nitrogens with zero attached hydrogens (tertiary/aromatic N) is 1. The van der Waals surface area contributed by atoms with Gasteiger partial charge in [0.05, 0.1) is 18.6 Å². The SMILES string of the molecule is CCC1OCCC1C(=O)N1CCCC(CNCC(=O)O)C1. The molecular formula is C15H26N2O4. The molecule has 2 fully saturated rings. The van der Waals surface area contributed by atoms with E-state index in [1.165, 1.54) is 0 Å². The number of piperidine rings is 1. The van der Waals surface area contributed by atoms with Crippen molar-refractivity contribution in [2.45, 2.75) is 38.7 Å². The first-order valence-electron chi connectivity index (χ1n) is 7.94. The number of hydrogen-bond donors (Lipinski definition) is 2. The summed E-state index contributed by atoms with van der Waals surface area (Å²) in [5.41, 5.74) is 0. The van der Waals surface area contributed by atoms with Gasteiger partial charge in [0.2, 0.25) is 5.91 Å². The molecule has 0 bridgehead atoms. The number of carboxylic acids is 1. The highest BCUT2D eigenvalue weighted by Crippen LogP contribution is 2.27. The first-order valence-corrected chi connectivity index (χ1v) is 7.94. The average Bonchev–Trinajstić information content (AvgIpc) is 2.95. The van der Waals surface area contributed by atoms with E-state index in [2.05, 4.69) is 12.2 Å². The molecule has 1 amide bonds. The molecule has 0 radical (unpaired) electrons. The first kappa shape index (κ1) is 16.2. The van der Waals surface area contributed by atoms with E-state index in [1.54, 1.807) is 0 Å². The second-order valence-corrected chi connectivity index (χ2v) is 6.03. The topological polar surface area (TPSA) is 78.9 Å². The molecule has 6 nitrogen and oxygen atoms in total. The Kier molecular flexibility index (Phi) is 5.99. The molecule has 120 valence electrons. The third-order valence-corrected chi connectivity index (χ3v) is 4.47. The van der Waals surface area contributed by atoms with Crippen molar-refractivity contribution in [2.24, 2.45) is 11.8 Å². The molecule has 2 aliphatic heterocycles. The molecule has 3 unspecified atom stereocenters. The van der Waals surface area contributed by atoms with Crippen molar-refractivity contribution in [1.82, 2.24) is 10.2 Å². The fourth-order valence-electron chi connectivity index (χ4n) is 3.38. The summed E-state index contributed by atoms with van der Waals surface area (Å²) in [5.74, 6) is -0.250. The number of hydrogen-bond acceptors (Lipinski definition) is 4. The quantitative estimate of drug-likeness (QED) is 0.755. The number of carboxylic acid groups (broad SMARTS) is 1. The second kappa shape index (κ2) is 7.75. The zero-order chi connectivity index (χ0) is 15.2. The molecule has 0 aromatic heterocycles. The predicted octanol–water partition coefficient (Wildman–Crippen LogP) is 0.714. The number of carbonyl (C=O) groups is 2. The van der Waals surface area contributed by atoms with Gasteiger partial charge in [0.15, 0.2) is 0 Å². The summed E-state index contributed by atoms with van der Waals surface area (Å²) in [7, 11) is 0. The number of nitrogens with one attached hydrogen (secondary N) is 1. The Morgan fingerprint density at radius 2 is 2.19 bits per heavy atom. The van der Waals surface area contributed by atoms with Gasteiger partial charge in [0, 0.05) is 26.2 Å². The van der Waals surface area contributed by atoms with Gasteiger partial charge in [0.1, 0.15) is 0 Å². The maximum Gasteiger partial charge on any atom is 0.317 e. The lowest BCUT2D eigenvalue weighted by atomic mass is 9.93. The van der Waals surface area contributed by atoms with Gasteiger partial charge >= 0.3 is 5.97 Å². The molecule has 0 aliphatic carbocycles. The molecule has 0 aromatic rings. The molecule has 0 aromatic carbocycles. The van der Waals surface area contributed by atoms with Crippen LogP contribution in [0.2, 0.25) is 0 Å². The Hall–Kier alpha value is -1.14. The molecule has 2 N–H and O–H groups in total. The normalized spacial score (nSPS) is 29.6. The van der Waals surface area contributed by atoms with Gasteiger partial charge in [0.25, 0.3) is 0 Å². The highest BCUT2D eigenvalue weighted by molar-refractivity contribution is 5.79. The minimum absolute atomic E-state index is 0.0146.